The third-order valence-corrected chi connectivity index (χ3v) is 10.8. The van der Waals surface area contributed by atoms with Gasteiger partial charge in [-0.25, -0.2) is 0 Å². The van der Waals surface area contributed by atoms with Gasteiger partial charge in [-0.2, -0.15) is 0 Å². The van der Waals surface area contributed by atoms with Crippen LogP contribution >= 0.6 is 0 Å². The lowest BCUT2D eigenvalue weighted by molar-refractivity contribution is -0.151. The van der Waals surface area contributed by atoms with E-state index in [1.54, 1.807) is 0 Å². The lowest BCUT2D eigenvalue weighted by atomic mass is 10.0. The lowest BCUT2D eigenvalue weighted by Gasteiger charge is -2.24. The van der Waals surface area contributed by atoms with E-state index >= 15 is 0 Å². The Morgan fingerprint density at radius 1 is 0.519 bits per heavy atom. The summed E-state index contributed by atoms with van der Waals surface area (Å²) >= 11 is 0. The Labute approximate surface area is 335 Å². The average molecular weight is 762 g/mol. The standard InChI is InChI=1S/C48H91NO5/c1-4-7-10-13-16-19-21-22-23-24-25-26-29-32-35-38-41-48(53)54-44(39-36-33-30-27-18-15-12-9-6-3)42-47(52)49-45(43-50)46(51)40-37-34-31-28-20-17-14-11-8-5-2/h15,18,23-24,44-46,50-51H,4-14,16-17,19-22,25-43H2,1-3H3,(H,49,52)/b18-15-,24-23+. The summed E-state index contributed by atoms with van der Waals surface area (Å²) in [6.45, 7) is 6.41. The first kappa shape index (κ1) is 52.3. The molecule has 0 aromatic carbocycles. The average Bonchev–Trinajstić information content (AvgIpc) is 3.16. The first-order valence-corrected chi connectivity index (χ1v) is 23.6. The SMILES string of the molecule is CCCC/C=C\CCCCCC(CC(=O)NC(CO)C(O)CCCCCCCCCCCC)OC(=O)CCCCCCC/C=C/CCCCCCCCC. The first-order valence-electron chi connectivity index (χ1n) is 23.6. The molecule has 0 fully saturated rings. The Morgan fingerprint density at radius 3 is 1.39 bits per heavy atom. The summed E-state index contributed by atoms with van der Waals surface area (Å²) in [5, 5.41) is 23.6. The first-order chi connectivity index (χ1) is 26.5. The van der Waals surface area contributed by atoms with Crippen LogP contribution in [0.5, 0.6) is 0 Å². The van der Waals surface area contributed by atoms with Gasteiger partial charge >= 0.3 is 5.97 Å². The van der Waals surface area contributed by atoms with Gasteiger partial charge in [-0.15, -0.1) is 0 Å². The quantitative estimate of drug-likeness (QED) is 0.0327. The third-order valence-electron chi connectivity index (χ3n) is 10.8. The van der Waals surface area contributed by atoms with Crippen LogP contribution in [0.25, 0.3) is 0 Å². The molecule has 318 valence electrons. The van der Waals surface area contributed by atoms with Crippen molar-refractivity contribution in [2.24, 2.45) is 0 Å². The minimum Gasteiger partial charge on any atom is -0.462 e. The van der Waals surface area contributed by atoms with Gasteiger partial charge in [0.15, 0.2) is 0 Å². The van der Waals surface area contributed by atoms with E-state index in [1.807, 2.05) is 0 Å². The van der Waals surface area contributed by atoms with Crippen LogP contribution in [-0.4, -0.2) is 46.9 Å². The highest BCUT2D eigenvalue weighted by Gasteiger charge is 2.24. The van der Waals surface area contributed by atoms with Crippen molar-refractivity contribution in [2.45, 2.75) is 264 Å². The maximum atomic E-state index is 13.1. The van der Waals surface area contributed by atoms with Crippen molar-refractivity contribution in [3.63, 3.8) is 0 Å². The van der Waals surface area contributed by atoms with E-state index in [9.17, 15) is 19.8 Å². The largest absolute Gasteiger partial charge is 0.462 e. The fourth-order valence-corrected chi connectivity index (χ4v) is 7.11. The van der Waals surface area contributed by atoms with Crippen molar-refractivity contribution < 1.29 is 24.5 Å². The van der Waals surface area contributed by atoms with Gasteiger partial charge in [-0.3, -0.25) is 9.59 Å². The molecule has 3 atom stereocenters. The second-order valence-electron chi connectivity index (χ2n) is 16.2. The third kappa shape index (κ3) is 37.3. The smallest absolute Gasteiger partial charge is 0.306 e. The number of carbonyl (C=O) groups excluding carboxylic acids is 2. The topological polar surface area (TPSA) is 95.9 Å². The van der Waals surface area contributed by atoms with E-state index in [1.165, 1.54) is 122 Å². The predicted octanol–water partition coefficient (Wildman–Crippen LogP) is 13.6. The number of amides is 1. The molecule has 6 heteroatoms. The Hall–Kier alpha value is -1.66. The van der Waals surface area contributed by atoms with Crippen molar-refractivity contribution in [3.05, 3.63) is 24.3 Å². The normalized spacial score (nSPS) is 13.5. The molecule has 0 rings (SSSR count). The monoisotopic (exact) mass is 762 g/mol. The van der Waals surface area contributed by atoms with Crippen LogP contribution in [0.3, 0.4) is 0 Å². The number of ether oxygens (including phenoxy) is 1. The van der Waals surface area contributed by atoms with Crippen LogP contribution in [-0.2, 0) is 14.3 Å². The van der Waals surface area contributed by atoms with Crippen LogP contribution in [0.4, 0.5) is 0 Å². The van der Waals surface area contributed by atoms with Crippen molar-refractivity contribution in [1.29, 1.82) is 0 Å². The highest BCUT2D eigenvalue weighted by atomic mass is 16.5. The van der Waals surface area contributed by atoms with Gasteiger partial charge < -0.3 is 20.3 Å². The Morgan fingerprint density at radius 2 is 0.907 bits per heavy atom. The number of hydrogen-bond donors (Lipinski definition) is 3. The van der Waals surface area contributed by atoms with E-state index in [-0.39, 0.29) is 24.9 Å². The van der Waals surface area contributed by atoms with E-state index in [0.29, 0.717) is 19.3 Å². The number of aliphatic hydroxyl groups excluding tert-OH is 2. The van der Waals surface area contributed by atoms with Gasteiger partial charge in [0, 0.05) is 6.42 Å². The van der Waals surface area contributed by atoms with Gasteiger partial charge in [-0.05, 0) is 70.6 Å². The molecule has 0 aromatic rings. The summed E-state index contributed by atoms with van der Waals surface area (Å²) in [5.41, 5.74) is 0. The van der Waals surface area contributed by atoms with Crippen molar-refractivity contribution in [3.8, 4) is 0 Å². The molecule has 0 saturated carbocycles. The number of carbonyl (C=O) groups is 2. The van der Waals surface area contributed by atoms with Crippen molar-refractivity contribution in [1.82, 2.24) is 5.32 Å². The van der Waals surface area contributed by atoms with Crippen LogP contribution < -0.4 is 5.32 Å². The van der Waals surface area contributed by atoms with Crippen molar-refractivity contribution >= 4 is 11.9 Å². The van der Waals surface area contributed by atoms with Crippen LogP contribution in [0, 0.1) is 0 Å². The number of aliphatic hydroxyl groups is 2. The van der Waals surface area contributed by atoms with Gasteiger partial charge in [0.2, 0.25) is 5.91 Å². The van der Waals surface area contributed by atoms with Crippen molar-refractivity contribution in [2.75, 3.05) is 6.61 Å². The molecule has 0 radical (unpaired) electrons. The maximum Gasteiger partial charge on any atom is 0.306 e. The molecular formula is C48H91NO5. The Bertz CT molecular complexity index is 858. The van der Waals surface area contributed by atoms with E-state index in [2.05, 4.69) is 50.4 Å². The summed E-state index contributed by atoms with van der Waals surface area (Å²) in [7, 11) is 0. The maximum absolute atomic E-state index is 13.1. The molecular weight excluding hydrogens is 671 g/mol. The molecule has 0 aliphatic carbocycles. The molecule has 6 nitrogen and oxygen atoms in total. The molecule has 0 aromatic heterocycles. The molecule has 0 aliphatic rings. The zero-order valence-corrected chi connectivity index (χ0v) is 36.1. The molecule has 1 amide bonds. The molecule has 0 bridgehead atoms. The van der Waals surface area contributed by atoms with Gasteiger partial charge in [0.25, 0.3) is 0 Å². The second kappa shape index (κ2) is 42.5. The lowest BCUT2D eigenvalue weighted by Crippen LogP contribution is -2.46. The molecule has 54 heavy (non-hydrogen) atoms. The summed E-state index contributed by atoms with van der Waals surface area (Å²) in [6.07, 6.45) is 46.7. The molecule has 0 saturated heterocycles. The number of hydrogen-bond acceptors (Lipinski definition) is 5. The predicted molar refractivity (Wildman–Crippen MR) is 232 cm³/mol. The van der Waals surface area contributed by atoms with E-state index in [4.69, 9.17) is 4.74 Å². The van der Waals surface area contributed by atoms with E-state index in [0.717, 1.165) is 77.0 Å². The summed E-state index contributed by atoms with van der Waals surface area (Å²) < 4.78 is 5.88. The second-order valence-corrected chi connectivity index (χ2v) is 16.2. The van der Waals surface area contributed by atoms with Crippen LogP contribution in [0.15, 0.2) is 24.3 Å². The van der Waals surface area contributed by atoms with Gasteiger partial charge in [0.05, 0.1) is 25.2 Å². The number of rotatable bonds is 42. The highest BCUT2D eigenvalue weighted by molar-refractivity contribution is 5.77. The zero-order chi connectivity index (χ0) is 39.6. The Balaban J connectivity index is 4.50. The van der Waals surface area contributed by atoms with E-state index < -0.39 is 18.2 Å². The fraction of sp³-hybridized carbons (Fsp3) is 0.875. The molecule has 3 N–H and O–H groups in total. The van der Waals surface area contributed by atoms with Gasteiger partial charge in [-0.1, -0.05) is 186 Å². The Kier molecular flexibility index (Phi) is 41.2. The summed E-state index contributed by atoms with van der Waals surface area (Å²) in [5.74, 6) is -0.496. The molecule has 0 spiro atoms. The summed E-state index contributed by atoms with van der Waals surface area (Å²) in [4.78, 5) is 25.9. The minimum atomic E-state index is -0.787. The summed E-state index contributed by atoms with van der Waals surface area (Å²) in [6, 6.07) is -0.701. The molecule has 0 aliphatic heterocycles. The highest BCUT2D eigenvalue weighted by Crippen LogP contribution is 2.17. The fourth-order valence-electron chi connectivity index (χ4n) is 7.11. The zero-order valence-electron chi connectivity index (χ0n) is 36.1. The number of esters is 1. The minimum absolute atomic E-state index is 0.0661. The van der Waals surface area contributed by atoms with Crippen LogP contribution in [0.2, 0.25) is 0 Å². The number of nitrogens with one attached hydrogen (secondary N) is 1. The number of allylic oxidation sites excluding steroid dienone is 4. The number of unbranched alkanes of at least 4 members (excludes halogenated alkanes) is 26. The van der Waals surface area contributed by atoms with Gasteiger partial charge in [0.1, 0.15) is 6.10 Å². The molecule has 3 unspecified atom stereocenters. The molecule has 0 heterocycles. The van der Waals surface area contributed by atoms with Crippen LogP contribution in [0.1, 0.15) is 245 Å².